The Balaban J connectivity index is 0.00000144. The van der Waals surface area contributed by atoms with Crippen molar-refractivity contribution in [2.24, 2.45) is 0 Å². The van der Waals surface area contributed by atoms with Gasteiger partial charge in [-0.2, -0.15) is 0 Å². The molecule has 0 aliphatic rings. The van der Waals surface area contributed by atoms with Gasteiger partial charge in [-0.05, 0) is 5.56 Å². The van der Waals surface area contributed by atoms with Crippen molar-refractivity contribution in [3.8, 4) is 0 Å². The van der Waals surface area contributed by atoms with E-state index in [1.807, 2.05) is 30.3 Å². The van der Waals surface area contributed by atoms with Gasteiger partial charge < -0.3 is 4.74 Å². The van der Waals surface area contributed by atoms with Gasteiger partial charge in [0.1, 0.15) is 0 Å². The summed E-state index contributed by atoms with van der Waals surface area (Å²) in [6.45, 7) is 1.89. The molecule has 2 nitrogen and oxygen atoms in total. The van der Waals surface area contributed by atoms with Crippen molar-refractivity contribution >= 4 is 5.97 Å². The van der Waals surface area contributed by atoms with Crippen LogP contribution < -0.4 is 0 Å². The Morgan fingerprint density at radius 1 is 1.31 bits per heavy atom. The van der Waals surface area contributed by atoms with Gasteiger partial charge in [0.05, 0.1) is 6.61 Å². The minimum absolute atomic E-state index is 0. The van der Waals surface area contributed by atoms with Gasteiger partial charge in [0.15, 0.2) is 0 Å². The molecule has 66 valence electrons. The van der Waals surface area contributed by atoms with Gasteiger partial charge in [0, 0.05) is 41.0 Å². The van der Waals surface area contributed by atoms with E-state index in [-0.39, 0.29) is 33.6 Å². The fourth-order valence-corrected chi connectivity index (χ4v) is 0.957. The van der Waals surface area contributed by atoms with Gasteiger partial charge in [0.2, 0.25) is 0 Å². The molecule has 0 fully saturated rings. The van der Waals surface area contributed by atoms with Crippen molar-refractivity contribution < 1.29 is 37.2 Å². The van der Waals surface area contributed by atoms with Crippen LogP contribution in [0.15, 0.2) is 30.3 Å². The first-order valence-electron chi connectivity index (χ1n) is 3.96. The molecular weight excluding hydrogens is 353 g/mol. The number of carbonyl (C=O) groups is 1. The van der Waals surface area contributed by atoms with E-state index in [2.05, 4.69) is 0 Å². The van der Waals surface area contributed by atoms with E-state index in [4.69, 9.17) is 4.74 Å². The first-order chi connectivity index (χ1) is 5.79. The molecule has 0 atom stereocenters. The molecule has 0 radical (unpaired) electrons. The van der Waals surface area contributed by atoms with Crippen LogP contribution >= 0.6 is 0 Å². The van der Waals surface area contributed by atoms with Crippen LogP contribution in [-0.4, -0.2) is 12.6 Å². The number of rotatable bonds is 3. The van der Waals surface area contributed by atoms with Crippen molar-refractivity contribution in [2.75, 3.05) is 6.61 Å². The van der Waals surface area contributed by atoms with E-state index in [0.717, 1.165) is 6.42 Å². The predicted molar refractivity (Wildman–Crippen MR) is 46.8 cm³/mol. The molecule has 0 heterocycles. The maximum atomic E-state index is 10.4. The average Bonchev–Trinajstić information content (AvgIpc) is 2.05. The molecule has 3 heteroatoms. The third-order valence-corrected chi connectivity index (χ3v) is 1.54. The SMILES string of the molecule is CC(=O)OCCc1ccccc1.[Hg]. The molecule has 0 saturated heterocycles. The summed E-state index contributed by atoms with van der Waals surface area (Å²) in [5.41, 5.74) is 1.19. The molecule has 0 unspecified atom stereocenters. The molecule has 0 aromatic heterocycles. The largest absolute Gasteiger partial charge is 0.466 e. The Kier molecular flexibility index (Phi) is 6.87. The molecule has 0 aliphatic heterocycles. The van der Waals surface area contributed by atoms with E-state index < -0.39 is 0 Å². The second-order valence-corrected chi connectivity index (χ2v) is 2.58. The third kappa shape index (κ3) is 5.80. The predicted octanol–water partition coefficient (Wildman–Crippen LogP) is 1.79. The van der Waals surface area contributed by atoms with Crippen LogP contribution in [0.1, 0.15) is 12.5 Å². The van der Waals surface area contributed by atoms with Crippen LogP contribution in [0.2, 0.25) is 0 Å². The van der Waals surface area contributed by atoms with E-state index in [0.29, 0.717) is 6.61 Å². The zero-order valence-electron chi connectivity index (χ0n) is 7.82. The number of benzene rings is 1. The minimum atomic E-state index is -0.217. The molecule has 0 N–H and O–H groups in total. The van der Waals surface area contributed by atoms with Crippen molar-refractivity contribution in [1.82, 2.24) is 0 Å². The van der Waals surface area contributed by atoms with Crippen LogP contribution in [0.25, 0.3) is 0 Å². The molecule has 0 spiro atoms. The molecule has 1 aromatic carbocycles. The van der Waals surface area contributed by atoms with E-state index in [1.54, 1.807) is 0 Å². The molecule has 1 rings (SSSR count). The number of esters is 1. The first-order valence-corrected chi connectivity index (χ1v) is 3.96. The smallest absolute Gasteiger partial charge is 0.302 e. The molecule has 0 amide bonds. The maximum absolute atomic E-state index is 10.4. The van der Waals surface area contributed by atoms with Gasteiger partial charge >= 0.3 is 5.97 Å². The first kappa shape index (κ1) is 12.6. The van der Waals surface area contributed by atoms with Crippen LogP contribution in [0.5, 0.6) is 0 Å². The standard InChI is InChI=1S/C10H12O2.Hg/c1-9(11)12-8-7-10-5-3-2-4-6-10;/h2-6H,7-8H2,1H3;. The van der Waals surface area contributed by atoms with Gasteiger partial charge in [-0.15, -0.1) is 0 Å². The monoisotopic (exact) mass is 366 g/mol. The van der Waals surface area contributed by atoms with Crippen molar-refractivity contribution in [3.05, 3.63) is 35.9 Å². The van der Waals surface area contributed by atoms with Crippen LogP contribution in [0.4, 0.5) is 0 Å². The summed E-state index contributed by atoms with van der Waals surface area (Å²) in [7, 11) is 0. The normalized spacial score (nSPS) is 8.69. The molecule has 13 heavy (non-hydrogen) atoms. The van der Waals surface area contributed by atoms with Crippen LogP contribution in [0.3, 0.4) is 0 Å². The molecule has 0 aliphatic carbocycles. The van der Waals surface area contributed by atoms with E-state index in [1.165, 1.54) is 12.5 Å². The van der Waals surface area contributed by atoms with Gasteiger partial charge in [-0.1, -0.05) is 30.3 Å². The number of carbonyl (C=O) groups excluding carboxylic acids is 1. The fraction of sp³-hybridized carbons (Fsp3) is 0.300. The Hall–Kier alpha value is -0.375. The van der Waals surface area contributed by atoms with Gasteiger partial charge in [0.25, 0.3) is 0 Å². The Labute approximate surface area is 98.8 Å². The summed E-state index contributed by atoms with van der Waals surface area (Å²) in [4.78, 5) is 10.4. The summed E-state index contributed by atoms with van der Waals surface area (Å²) < 4.78 is 4.81. The van der Waals surface area contributed by atoms with Crippen molar-refractivity contribution in [3.63, 3.8) is 0 Å². The third-order valence-electron chi connectivity index (χ3n) is 1.54. The summed E-state index contributed by atoms with van der Waals surface area (Å²) in [5.74, 6) is -0.217. The maximum Gasteiger partial charge on any atom is 0.302 e. The Morgan fingerprint density at radius 3 is 2.46 bits per heavy atom. The Morgan fingerprint density at radius 2 is 1.92 bits per heavy atom. The zero-order valence-corrected chi connectivity index (χ0v) is 13.3. The van der Waals surface area contributed by atoms with Gasteiger partial charge in [-0.3, -0.25) is 4.79 Å². The molecular formula is C10H12HgO2. The minimum Gasteiger partial charge on any atom is -0.466 e. The summed E-state index contributed by atoms with van der Waals surface area (Å²) in [5, 5.41) is 0. The molecule has 0 bridgehead atoms. The van der Waals surface area contributed by atoms with E-state index >= 15 is 0 Å². The fourth-order valence-electron chi connectivity index (χ4n) is 0.957. The number of hydrogen-bond acceptors (Lipinski definition) is 2. The van der Waals surface area contributed by atoms with Crippen molar-refractivity contribution in [1.29, 1.82) is 0 Å². The summed E-state index contributed by atoms with van der Waals surface area (Å²) >= 11 is 0. The van der Waals surface area contributed by atoms with E-state index in [9.17, 15) is 4.79 Å². The second kappa shape index (κ2) is 7.07. The molecule has 1 aromatic rings. The quantitative estimate of drug-likeness (QED) is 0.604. The molecule has 0 saturated carbocycles. The number of hydrogen-bond donors (Lipinski definition) is 0. The van der Waals surface area contributed by atoms with Crippen LogP contribution in [0, 0.1) is 0 Å². The average molecular weight is 365 g/mol. The summed E-state index contributed by atoms with van der Waals surface area (Å²) in [6, 6.07) is 9.95. The Bertz CT molecular complexity index is 246. The second-order valence-electron chi connectivity index (χ2n) is 2.58. The summed E-state index contributed by atoms with van der Waals surface area (Å²) in [6.07, 6.45) is 0.792. The van der Waals surface area contributed by atoms with Crippen molar-refractivity contribution in [2.45, 2.75) is 13.3 Å². The number of ether oxygens (including phenoxy) is 1. The van der Waals surface area contributed by atoms with Gasteiger partial charge in [-0.25, -0.2) is 0 Å². The van der Waals surface area contributed by atoms with Crippen LogP contribution in [-0.2, 0) is 43.6 Å². The topological polar surface area (TPSA) is 26.3 Å². The zero-order chi connectivity index (χ0) is 8.81.